The van der Waals surface area contributed by atoms with Crippen LogP contribution in [0.15, 0.2) is 46.0 Å². The normalized spacial score (nSPS) is 13.1. The Labute approximate surface area is 123 Å². The van der Waals surface area contributed by atoms with Gasteiger partial charge in [0.25, 0.3) is 10.0 Å². The summed E-state index contributed by atoms with van der Waals surface area (Å²) in [5.74, 6) is 0. The summed E-state index contributed by atoms with van der Waals surface area (Å²) >= 11 is 1.45. The molecule has 2 rings (SSSR count). The van der Waals surface area contributed by atoms with E-state index < -0.39 is 10.0 Å². The molecule has 108 valence electrons. The maximum Gasteiger partial charge on any atom is 0.261 e. The molecule has 0 radical (unpaired) electrons. The van der Waals surface area contributed by atoms with Gasteiger partial charge in [-0.2, -0.15) is 11.3 Å². The molecule has 2 aromatic rings. The molecule has 4 nitrogen and oxygen atoms in total. The summed E-state index contributed by atoms with van der Waals surface area (Å²) in [5, 5.41) is 6.78. The molecule has 6 heteroatoms. The second kappa shape index (κ2) is 6.39. The van der Waals surface area contributed by atoms with Gasteiger partial charge in [-0.15, -0.1) is 0 Å². The molecular formula is C14H18N2O2S2. The van der Waals surface area contributed by atoms with Crippen LogP contribution in [-0.2, 0) is 10.0 Å². The Morgan fingerprint density at radius 1 is 1.30 bits per heavy atom. The van der Waals surface area contributed by atoms with Gasteiger partial charge in [-0.3, -0.25) is 4.72 Å². The minimum absolute atomic E-state index is 0.159. The number of hydrogen-bond donors (Lipinski definition) is 2. The third-order valence-electron chi connectivity index (χ3n) is 3.10. The van der Waals surface area contributed by atoms with Gasteiger partial charge >= 0.3 is 0 Å². The minimum Gasteiger partial charge on any atom is -0.313 e. The lowest BCUT2D eigenvalue weighted by atomic mass is 10.1. The van der Waals surface area contributed by atoms with Crippen LogP contribution in [-0.4, -0.2) is 15.5 Å². The van der Waals surface area contributed by atoms with Crippen LogP contribution in [0, 0.1) is 0 Å². The highest BCUT2D eigenvalue weighted by molar-refractivity contribution is 7.92. The number of anilines is 1. The van der Waals surface area contributed by atoms with E-state index in [2.05, 4.69) is 17.0 Å². The molecule has 0 amide bonds. The Hall–Kier alpha value is -1.37. The summed E-state index contributed by atoms with van der Waals surface area (Å²) in [7, 11) is -1.65. The predicted octanol–water partition coefficient (Wildman–Crippen LogP) is 3.22. The quantitative estimate of drug-likeness (QED) is 0.861. The summed E-state index contributed by atoms with van der Waals surface area (Å²) in [6, 6.07) is 8.95. The molecule has 2 N–H and O–H groups in total. The van der Waals surface area contributed by atoms with Gasteiger partial charge in [0, 0.05) is 11.4 Å². The Morgan fingerprint density at radius 2 is 2.10 bits per heavy atom. The highest BCUT2D eigenvalue weighted by atomic mass is 32.2. The molecule has 0 aliphatic rings. The Balaban J connectivity index is 2.30. The molecule has 1 aromatic carbocycles. The lowest BCUT2D eigenvalue weighted by Crippen LogP contribution is -2.17. The van der Waals surface area contributed by atoms with Gasteiger partial charge in [0.1, 0.15) is 0 Å². The van der Waals surface area contributed by atoms with Crippen molar-refractivity contribution in [3.8, 4) is 0 Å². The molecule has 1 heterocycles. The van der Waals surface area contributed by atoms with Gasteiger partial charge in [0.05, 0.1) is 10.6 Å². The van der Waals surface area contributed by atoms with Crippen molar-refractivity contribution in [3.05, 3.63) is 46.7 Å². The smallest absolute Gasteiger partial charge is 0.261 e. The van der Waals surface area contributed by atoms with Crippen LogP contribution in [0.1, 0.15) is 24.9 Å². The summed E-state index contributed by atoms with van der Waals surface area (Å²) in [6.45, 7) is 2.06. The van der Waals surface area contributed by atoms with Crippen molar-refractivity contribution in [3.63, 3.8) is 0 Å². The summed E-state index contributed by atoms with van der Waals surface area (Å²) in [5.41, 5.74) is 1.57. The number of nitrogens with one attached hydrogen (secondary N) is 2. The number of sulfonamides is 1. The van der Waals surface area contributed by atoms with Gasteiger partial charge in [-0.25, -0.2) is 8.42 Å². The first-order valence-corrected chi connectivity index (χ1v) is 8.81. The van der Waals surface area contributed by atoms with Crippen LogP contribution in [0.3, 0.4) is 0 Å². The predicted molar refractivity (Wildman–Crippen MR) is 83.7 cm³/mol. The van der Waals surface area contributed by atoms with Crippen molar-refractivity contribution < 1.29 is 8.42 Å². The lowest BCUT2D eigenvalue weighted by molar-refractivity contribution is 0.574. The maximum absolute atomic E-state index is 12.3. The first-order valence-electron chi connectivity index (χ1n) is 6.39. The first kappa shape index (κ1) is 15.0. The standard InChI is InChI=1S/C14H18N2O2S2/c1-3-14(15-2)11-5-4-6-13(9-11)20(17,18)16-12-7-8-19-10-12/h4-10,14-16H,3H2,1-2H3. The highest BCUT2D eigenvalue weighted by Gasteiger charge is 2.16. The summed E-state index contributed by atoms with van der Waals surface area (Å²) < 4.78 is 27.2. The van der Waals surface area contributed by atoms with E-state index in [1.165, 1.54) is 11.3 Å². The molecule has 0 bridgehead atoms. The third-order valence-corrected chi connectivity index (χ3v) is 5.16. The Morgan fingerprint density at radius 3 is 2.70 bits per heavy atom. The van der Waals surface area contributed by atoms with E-state index in [0.29, 0.717) is 5.69 Å². The van der Waals surface area contributed by atoms with Crippen LogP contribution in [0.4, 0.5) is 5.69 Å². The zero-order valence-electron chi connectivity index (χ0n) is 11.5. The second-order valence-corrected chi connectivity index (χ2v) is 6.90. The monoisotopic (exact) mass is 310 g/mol. The minimum atomic E-state index is -3.53. The molecule has 1 atom stereocenters. The van der Waals surface area contributed by atoms with E-state index in [1.54, 1.807) is 29.6 Å². The van der Waals surface area contributed by atoms with E-state index in [9.17, 15) is 8.42 Å². The van der Waals surface area contributed by atoms with Crippen LogP contribution >= 0.6 is 11.3 Å². The van der Waals surface area contributed by atoms with Crippen molar-refractivity contribution >= 4 is 27.0 Å². The largest absolute Gasteiger partial charge is 0.313 e. The molecule has 0 saturated carbocycles. The Bertz CT molecular complexity index is 648. The van der Waals surface area contributed by atoms with Crippen molar-refractivity contribution in [2.24, 2.45) is 0 Å². The average Bonchev–Trinajstić information content (AvgIpc) is 2.93. The van der Waals surface area contributed by atoms with Crippen molar-refractivity contribution in [2.45, 2.75) is 24.3 Å². The zero-order chi connectivity index (χ0) is 14.6. The Kier molecular flexibility index (Phi) is 4.80. The van der Waals surface area contributed by atoms with Gasteiger partial charge in [-0.05, 0) is 42.6 Å². The molecule has 1 unspecified atom stereocenters. The fourth-order valence-corrected chi connectivity index (χ4v) is 3.81. The van der Waals surface area contributed by atoms with Crippen molar-refractivity contribution in [1.29, 1.82) is 0 Å². The first-order chi connectivity index (χ1) is 9.56. The van der Waals surface area contributed by atoms with Crippen molar-refractivity contribution in [1.82, 2.24) is 5.32 Å². The van der Waals surface area contributed by atoms with Gasteiger partial charge < -0.3 is 5.32 Å². The average molecular weight is 310 g/mol. The van der Waals surface area contributed by atoms with E-state index in [1.807, 2.05) is 18.5 Å². The van der Waals surface area contributed by atoms with Crippen LogP contribution < -0.4 is 10.0 Å². The molecule has 0 aliphatic heterocycles. The van der Waals surface area contributed by atoms with E-state index in [4.69, 9.17) is 0 Å². The maximum atomic E-state index is 12.3. The van der Waals surface area contributed by atoms with Gasteiger partial charge in [0.15, 0.2) is 0 Å². The van der Waals surface area contributed by atoms with Crippen molar-refractivity contribution in [2.75, 3.05) is 11.8 Å². The fourth-order valence-electron chi connectivity index (χ4n) is 2.04. The van der Waals surface area contributed by atoms with Gasteiger partial charge in [0.2, 0.25) is 0 Å². The number of thiophene rings is 1. The molecule has 0 aliphatic carbocycles. The third kappa shape index (κ3) is 3.39. The van der Waals surface area contributed by atoms with Gasteiger partial charge in [-0.1, -0.05) is 19.1 Å². The number of hydrogen-bond acceptors (Lipinski definition) is 4. The molecule has 0 saturated heterocycles. The topological polar surface area (TPSA) is 58.2 Å². The second-order valence-electron chi connectivity index (χ2n) is 4.44. The number of benzene rings is 1. The molecule has 0 spiro atoms. The highest BCUT2D eigenvalue weighted by Crippen LogP contribution is 2.22. The molecule has 20 heavy (non-hydrogen) atoms. The van der Waals surface area contributed by atoms with E-state index in [0.717, 1.165) is 12.0 Å². The molecular weight excluding hydrogens is 292 g/mol. The van der Waals surface area contributed by atoms with Crippen LogP contribution in [0.5, 0.6) is 0 Å². The van der Waals surface area contributed by atoms with E-state index in [-0.39, 0.29) is 10.9 Å². The van der Waals surface area contributed by atoms with Crippen LogP contribution in [0.25, 0.3) is 0 Å². The number of rotatable bonds is 6. The van der Waals surface area contributed by atoms with E-state index >= 15 is 0 Å². The zero-order valence-corrected chi connectivity index (χ0v) is 13.1. The molecule has 1 aromatic heterocycles. The van der Waals surface area contributed by atoms with Crippen LogP contribution in [0.2, 0.25) is 0 Å². The SMILES string of the molecule is CCC(NC)c1cccc(S(=O)(=O)Nc2ccsc2)c1. The lowest BCUT2D eigenvalue weighted by Gasteiger charge is -2.15. The fraction of sp³-hybridized carbons (Fsp3) is 0.286. The summed E-state index contributed by atoms with van der Waals surface area (Å²) in [4.78, 5) is 0.287. The summed E-state index contributed by atoms with van der Waals surface area (Å²) in [6.07, 6.45) is 0.901. The molecule has 0 fully saturated rings.